The number of aryl methyl sites for hydroxylation is 1. The number of esters is 1. The summed E-state index contributed by atoms with van der Waals surface area (Å²) < 4.78 is 4.96. The number of hydrogen-bond acceptors (Lipinski definition) is 4. The van der Waals surface area contributed by atoms with E-state index >= 15 is 0 Å². The van der Waals surface area contributed by atoms with Crippen molar-refractivity contribution < 1.29 is 14.3 Å². The molecule has 1 aromatic rings. The third kappa shape index (κ3) is 5.78. The standard InChI is InChI=1S/C17H24ClNO3/c1-4-6-9-19-15(11-16(20)22-5-2)17(21)13-7-8-14(18)12(3)10-13/h7-8,10,15,19H,4-6,9,11H2,1-3H3. The van der Waals surface area contributed by atoms with Gasteiger partial charge in [0.25, 0.3) is 0 Å². The average molecular weight is 326 g/mol. The molecule has 0 radical (unpaired) electrons. The van der Waals surface area contributed by atoms with Gasteiger partial charge in [-0.05, 0) is 50.6 Å². The molecule has 22 heavy (non-hydrogen) atoms. The Labute approximate surface area is 137 Å². The summed E-state index contributed by atoms with van der Waals surface area (Å²) in [5, 5.41) is 3.78. The second-order valence-electron chi connectivity index (χ2n) is 5.20. The molecule has 0 aliphatic heterocycles. The number of carbonyl (C=O) groups is 2. The number of ketones is 1. The molecular weight excluding hydrogens is 302 g/mol. The van der Waals surface area contributed by atoms with E-state index in [9.17, 15) is 9.59 Å². The van der Waals surface area contributed by atoms with Crippen LogP contribution in [-0.2, 0) is 9.53 Å². The minimum absolute atomic E-state index is 0.0397. The van der Waals surface area contributed by atoms with Gasteiger partial charge in [-0.1, -0.05) is 24.9 Å². The van der Waals surface area contributed by atoms with Gasteiger partial charge >= 0.3 is 5.97 Å². The Morgan fingerprint density at radius 2 is 2.05 bits per heavy atom. The second kappa shape index (κ2) is 9.59. The zero-order chi connectivity index (χ0) is 16.5. The number of hydrogen-bond donors (Lipinski definition) is 1. The Morgan fingerprint density at radius 3 is 2.64 bits per heavy atom. The highest BCUT2D eigenvalue weighted by atomic mass is 35.5. The lowest BCUT2D eigenvalue weighted by Gasteiger charge is -2.17. The zero-order valence-corrected chi connectivity index (χ0v) is 14.2. The number of rotatable bonds is 9. The lowest BCUT2D eigenvalue weighted by molar-refractivity contribution is -0.143. The number of halogens is 1. The molecule has 0 spiro atoms. The largest absolute Gasteiger partial charge is 0.466 e. The summed E-state index contributed by atoms with van der Waals surface area (Å²) in [7, 11) is 0. The van der Waals surface area contributed by atoms with Crippen molar-refractivity contribution in [2.24, 2.45) is 0 Å². The van der Waals surface area contributed by atoms with Gasteiger partial charge in [-0.15, -0.1) is 0 Å². The van der Waals surface area contributed by atoms with Crippen LogP contribution in [0.5, 0.6) is 0 Å². The minimum atomic E-state index is -0.564. The molecule has 1 unspecified atom stereocenters. The molecule has 0 heterocycles. The van der Waals surface area contributed by atoms with Crippen molar-refractivity contribution in [1.82, 2.24) is 5.32 Å². The fourth-order valence-corrected chi connectivity index (χ4v) is 2.21. The molecule has 1 N–H and O–H groups in total. The summed E-state index contributed by atoms with van der Waals surface area (Å²) >= 11 is 5.99. The van der Waals surface area contributed by atoms with E-state index in [2.05, 4.69) is 12.2 Å². The van der Waals surface area contributed by atoms with Crippen molar-refractivity contribution >= 4 is 23.4 Å². The van der Waals surface area contributed by atoms with E-state index < -0.39 is 6.04 Å². The summed E-state index contributed by atoms with van der Waals surface area (Å²) in [6.07, 6.45) is 2.01. The molecule has 0 bridgehead atoms. The second-order valence-corrected chi connectivity index (χ2v) is 5.60. The monoisotopic (exact) mass is 325 g/mol. The van der Waals surface area contributed by atoms with Crippen LogP contribution in [0.1, 0.15) is 49.0 Å². The van der Waals surface area contributed by atoms with Gasteiger partial charge in [-0.2, -0.15) is 0 Å². The molecule has 1 atom stereocenters. The van der Waals surface area contributed by atoms with Gasteiger partial charge in [0.05, 0.1) is 19.1 Å². The highest BCUT2D eigenvalue weighted by Gasteiger charge is 2.23. The topological polar surface area (TPSA) is 55.4 Å². The van der Waals surface area contributed by atoms with E-state index in [4.69, 9.17) is 16.3 Å². The van der Waals surface area contributed by atoms with Crippen LogP contribution in [0.25, 0.3) is 0 Å². The summed E-state index contributed by atoms with van der Waals surface area (Å²) in [4.78, 5) is 24.3. The highest BCUT2D eigenvalue weighted by Crippen LogP contribution is 2.18. The van der Waals surface area contributed by atoms with Crippen LogP contribution in [-0.4, -0.2) is 30.9 Å². The molecule has 0 fully saturated rings. The molecule has 5 heteroatoms. The Hall–Kier alpha value is -1.39. The van der Waals surface area contributed by atoms with Crippen LogP contribution in [0.2, 0.25) is 5.02 Å². The van der Waals surface area contributed by atoms with Crippen molar-refractivity contribution in [2.75, 3.05) is 13.2 Å². The van der Waals surface area contributed by atoms with Gasteiger partial charge in [0.15, 0.2) is 5.78 Å². The normalized spacial score (nSPS) is 12.0. The van der Waals surface area contributed by atoms with E-state index in [0.717, 1.165) is 18.4 Å². The van der Waals surface area contributed by atoms with Crippen molar-refractivity contribution in [1.29, 1.82) is 0 Å². The molecule has 122 valence electrons. The Kier molecular flexibility index (Phi) is 8.13. The maximum Gasteiger partial charge on any atom is 0.307 e. The van der Waals surface area contributed by atoms with Crippen molar-refractivity contribution in [2.45, 2.75) is 46.1 Å². The first-order valence-corrected chi connectivity index (χ1v) is 8.06. The zero-order valence-electron chi connectivity index (χ0n) is 13.4. The Morgan fingerprint density at radius 1 is 1.32 bits per heavy atom. The lowest BCUT2D eigenvalue weighted by Crippen LogP contribution is -2.39. The fraction of sp³-hybridized carbons (Fsp3) is 0.529. The van der Waals surface area contributed by atoms with Gasteiger partial charge in [0.2, 0.25) is 0 Å². The number of benzene rings is 1. The third-order valence-electron chi connectivity index (χ3n) is 3.36. The number of ether oxygens (including phenoxy) is 1. The summed E-state index contributed by atoms with van der Waals surface area (Å²) in [5.41, 5.74) is 1.40. The van der Waals surface area contributed by atoms with Gasteiger partial charge in [-0.25, -0.2) is 0 Å². The van der Waals surface area contributed by atoms with E-state index in [0.29, 0.717) is 23.7 Å². The van der Waals surface area contributed by atoms with Crippen LogP contribution >= 0.6 is 11.6 Å². The number of Topliss-reactive ketones (excluding diaryl/α,β-unsaturated/α-hetero) is 1. The molecule has 4 nitrogen and oxygen atoms in total. The van der Waals surface area contributed by atoms with Crippen LogP contribution < -0.4 is 5.32 Å². The summed E-state index contributed by atoms with van der Waals surface area (Å²) in [5.74, 6) is -0.473. The average Bonchev–Trinajstić information content (AvgIpc) is 2.49. The van der Waals surface area contributed by atoms with E-state index in [-0.39, 0.29) is 18.2 Å². The SMILES string of the molecule is CCCCNC(CC(=O)OCC)C(=O)c1ccc(Cl)c(C)c1. The highest BCUT2D eigenvalue weighted by molar-refractivity contribution is 6.31. The van der Waals surface area contributed by atoms with Crippen molar-refractivity contribution in [3.8, 4) is 0 Å². The number of nitrogens with one attached hydrogen (secondary N) is 1. The number of carbonyl (C=O) groups excluding carboxylic acids is 2. The maximum atomic E-state index is 12.6. The first kappa shape index (κ1) is 18.7. The molecule has 0 amide bonds. The quantitative estimate of drug-likeness (QED) is 0.428. The molecule has 1 aromatic carbocycles. The summed E-state index contributed by atoms with van der Waals surface area (Å²) in [6.45, 7) is 6.69. The molecule has 0 saturated heterocycles. The third-order valence-corrected chi connectivity index (χ3v) is 3.78. The number of unbranched alkanes of at least 4 members (excludes halogenated alkanes) is 1. The minimum Gasteiger partial charge on any atom is -0.466 e. The van der Waals surface area contributed by atoms with Crippen LogP contribution in [0.3, 0.4) is 0 Å². The van der Waals surface area contributed by atoms with Gasteiger partial charge in [0.1, 0.15) is 0 Å². The predicted molar refractivity (Wildman–Crippen MR) is 88.5 cm³/mol. The Bertz CT molecular complexity index is 517. The molecule has 0 aliphatic rings. The smallest absolute Gasteiger partial charge is 0.307 e. The van der Waals surface area contributed by atoms with Crippen LogP contribution in [0.15, 0.2) is 18.2 Å². The van der Waals surface area contributed by atoms with Crippen molar-refractivity contribution in [3.63, 3.8) is 0 Å². The molecule has 1 rings (SSSR count). The van der Waals surface area contributed by atoms with Crippen LogP contribution in [0, 0.1) is 6.92 Å². The maximum absolute atomic E-state index is 12.6. The lowest BCUT2D eigenvalue weighted by atomic mass is 10.00. The van der Waals surface area contributed by atoms with Gasteiger partial charge in [-0.3, -0.25) is 9.59 Å². The van der Waals surface area contributed by atoms with Gasteiger partial charge in [0, 0.05) is 10.6 Å². The van der Waals surface area contributed by atoms with Gasteiger partial charge < -0.3 is 10.1 Å². The first-order valence-electron chi connectivity index (χ1n) is 7.68. The summed E-state index contributed by atoms with van der Waals surface area (Å²) in [6, 6.07) is 4.59. The molecule has 0 saturated carbocycles. The molecule has 0 aromatic heterocycles. The first-order chi connectivity index (χ1) is 10.5. The van der Waals surface area contributed by atoms with E-state index in [1.54, 1.807) is 25.1 Å². The fourth-order valence-electron chi connectivity index (χ4n) is 2.10. The predicted octanol–water partition coefficient (Wildman–Crippen LogP) is 3.54. The van der Waals surface area contributed by atoms with Crippen molar-refractivity contribution in [3.05, 3.63) is 34.3 Å². The molecule has 0 aliphatic carbocycles. The Balaban J connectivity index is 2.84. The van der Waals surface area contributed by atoms with E-state index in [1.807, 2.05) is 6.92 Å². The molecular formula is C17H24ClNO3. The van der Waals surface area contributed by atoms with E-state index in [1.165, 1.54) is 0 Å². The van der Waals surface area contributed by atoms with Crippen LogP contribution in [0.4, 0.5) is 0 Å².